The summed E-state index contributed by atoms with van der Waals surface area (Å²) in [6.45, 7) is 1.47. The van der Waals surface area contributed by atoms with Gasteiger partial charge >= 0.3 is 5.97 Å². The summed E-state index contributed by atoms with van der Waals surface area (Å²) in [6.07, 6.45) is -0.211. The van der Waals surface area contributed by atoms with Gasteiger partial charge in [0.2, 0.25) is 0 Å². The van der Waals surface area contributed by atoms with Gasteiger partial charge in [-0.3, -0.25) is 9.48 Å². The van der Waals surface area contributed by atoms with Crippen LogP contribution in [-0.2, 0) is 17.8 Å². The lowest BCUT2D eigenvalue weighted by atomic mass is 10.1. The lowest BCUT2D eigenvalue weighted by Gasteiger charge is -2.12. The molecular weight excluding hydrogens is 194 g/mol. The Morgan fingerprint density at radius 1 is 1.71 bits per heavy atom. The predicted molar refractivity (Wildman–Crippen MR) is 44.1 cm³/mol. The zero-order valence-corrected chi connectivity index (χ0v) is 7.79. The molecular formula is C8H10F2N2O2. The van der Waals surface area contributed by atoms with Crippen LogP contribution in [0.2, 0.25) is 0 Å². The average Bonchev–Trinajstić information content (AvgIpc) is 2.30. The number of rotatable bonds is 3. The van der Waals surface area contributed by atoms with Crippen LogP contribution >= 0.6 is 0 Å². The van der Waals surface area contributed by atoms with Crippen molar-refractivity contribution in [1.29, 1.82) is 0 Å². The van der Waals surface area contributed by atoms with Crippen LogP contribution in [0, 0.1) is 6.92 Å². The van der Waals surface area contributed by atoms with Crippen molar-refractivity contribution < 1.29 is 18.7 Å². The smallest absolute Gasteiger partial charge is 0.309 e. The van der Waals surface area contributed by atoms with Crippen molar-refractivity contribution in [2.24, 2.45) is 7.05 Å². The number of hydrogen-bond donors (Lipinski definition) is 1. The van der Waals surface area contributed by atoms with Gasteiger partial charge < -0.3 is 5.11 Å². The van der Waals surface area contributed by atoms with Crippen LogP contribution in [0.4, 0.5) is 8.78 Å². The Morgan fingerprint density at radius 3 is 2.64 bits per heavy atom. The Labute approximate surface area is 79.2 Å². The molecule has 0 saturated heterocycles. The van der Waals surface area contributed by atoms with Gasteiger partial charge in [0, 0.05) is 12.7 Å². The predicted octanol–water partition coefficient (Wildman–Crippen LogP) is 1.30. The Bertz CT molecular complexity index is 360. The second-order valence-corrected chi connectivity index (χ2v) is 3.04. The lowest BCUT2D eigenvalue weighted by molar-refractivity contribution is -0.145. The number of aliphatic carboxylic acids is 1. The fourth-order valence-corrected chi connectivity index (χ4v) is 1.14. The highest BCUT2D eigenvalue weighted by Crippen LogP contribution is 2.33. The SMILES string of the molecule is Cc1c(C(F)(F)CC(=O)O)cnn1C. The van der Waals surface area contributed by atoms with E-state index in [4.69, 9.17) is 5.11 Å². The fourth-order valence-electron chi connectivity index (χ4n) is 1.14. The van der Waals surface area contributed by atoms with Gasteiger partial charge in [-0.1, -0.05) is 0 Å². The number of aromatic nitrogens is 2. The molecule has 1 aromatic rings. The van der Waals surface area contributed by atoms with Crippen molar-refractivity contribution >= 4 is 5.97 Å². The Balaban J connectivity index is 3.03. The molecule has 0 radical (unpaired) electrons. The van der Waals surface area contributed by atoms with Crippen molar-refractivity contribution in [3.05, 3.63) is 17.5 Å². The molecule has 0 bridgehead atoms. The summed E-state index contributed by atoms with van der Waals surface area (Å²) in [7, 11) is 1.52. The number of alkyl halides is 2. The Kier molecular flexibility index (Phi) is 2.55. The van der Waals surface area contributed by atoms with E-state index >= 15 is 0 Å². The van der Waals surface area contributed by atoms with Gasteiger partial charge in [0.1, 0.15) is 6.42 Å². The summed E-state index contributed by atoms with van der Waals surface area (Å²) in [6, 6.07) is 0. The highest BCUT2D eigenvalue weighted by molar-refractivity contribution is 5.68. The molecule has 0 atom stereocenters. The van der Waals surface area contributed by atoms with Gasteiger partial charge in [-0.15, -0.1) is 0 Å². The molecule has 0 unspecified atom stereocenters. The van der Waals surface area contributed by atoms with Crippen molar-refractivity contribution in [1.82, 2.24) is 9.78 Å². The van der Waals surface area contributed by atoms with E-state index in [-0.39, 0.29) is 11.3 Å². The summed E-state index contributed by atoms with van der Waals surface area (Å²) in [5.41, 5.74) is -0.0568. The van der Waals surface area contributed by atoms with E-state index in [0.29, 0.717) is 0 Å². The molecule has 1 rings (SSSR count). The lowest BCUT2D eigenvalue weighted by Crippen LogP contribution is -2.19. The van der Waals surface area contributed by atoms with Crippen molar-refractivity contribution in [3.63, 3.8) is 0 Å². The van der Waals surface area contributed by atoms with E-state index in [0.717, 1.165) is 6.20 Å². The standard InChI is InChI=1S/C8H10F2N2O2/c1-5-6(4-11-12(5)2)8(9,10)3-7(13)14/h4H,3H2,1-2H3,(H,13,14). The minimum Gasteiger partial charge on any atom is -0.481 e. The van der Waals surface area contributed by atoms with E-state index < -0.39 is 18.3 Å². The molecule has 1 N–H and O–H groups in total. The van der Waals surface area contributed by atoms with Gasteiger partial charge in [-0.2, -0.15) is 5.10 Å². The molecule has 4 nitrogen and oxygen atoms in total. The zero-order chi connectivity index (χ0) is 10.9. The normalized spacial score (nSPS) is 11.7. The number of halogens is 2. The molecule has 0 aliphatic heterocycles. The van der Waals surface area contributed by atoms with Crippen LogP contribution in [-0.4, -0.2) is 20.9 Å². The number of carboxylic acids is 1. The Hall–Kier alpha value is -1.46. The summed E-state index contributed by atoms with van der Waals surface area (Å²) >= 11 is 0. The molecule has 6 heteroatoms. The number of carboxylic acid groups (broad SMARTS) is 1. The molecule has 0 saturated carbocycles. The van der Waals surface area contributed by atoms with Crippen LogP contribution in [0.15, 0.2) is 6.20 Å². The second kappa shape index (κ2) is 3.36. The first kappa shape index (κ1) is 10.6. The van der Waals surface area contributed by atoms with Crippen LogP contribution < -0.4 is 0 Å². The van der Waals surface area contributed by atoms with E-state index in [1.807, 2.05) is 0 Å². The summed E-state index contributed by atoms with van der Waals surface area (Å²) < 4.78 is 27.8. The number of nitrogens with zero attached hydrogens (tertiary/aromatic N) is 2. The molecule has 0 aliphatic carbocycles. The van der Waals surface area contributed by atoms with E-state index in [2.05, 4.69) is 5.10 Å². The summed E-state index contributed by atoms with van der Waals surface area (Å²) in [5.74, 6) is -4.89. The molecule has 0 fully saturated rings. The molecule has 78 valence electrons. The maximum absolute atomic E-state index is 13.2. The average molecular weight is 204 g/mol. The minimum atomic E-state index is -3.36. The van der Waals surface area contributed by atoms with Gasteiger partial charge in [0.25, 0.3) is 5.92 Å². The monoisotopic (exact) mass is 204 g/mol. The van der Waals surface area contributed by atoms with E-state index in [9.17, 15) is 13.6 Å². The first-order valence-corrected chi connectivity index (χ1v) is 3.93. The summed E-state index contributed by atoms with van der Waals surface area (Å²) in [5, 5.41) is 11.9. The third-order valence-corrected chi connectivity index (χ3v) is 2.00. The molecule has 0 aromatic carbocycles. The number of aryl methyl sites for hydroxylation is 1. The largest absolute Gasteiger partial charge is 0.481 e. The van der Waals surface area contributed by atoms with Crippen LogP contribution in [0.1, 0.15) is 17.7 Å². The summed E-state index contributed by atoms with van der Waals surface area (Å²) in [4.78, 5) is 10.2. The first-order chi connectivity index (χ1) is 6.34. The molecule has 0 spiro atoms. The molecule has 1 aromatic heterocycles. The molecule has 0 aliphatic rings. The highest BCUT2D eigenvalue weighted by atomic mass is 19.3. The van der Waals surface area contributed by atoms with Crippen LogP contribution in [0.25, 0.3) is 0 Å². The van der Waals surface area contributed by atoms with Gasteiger partial charge in [0.05, 0.1) is 11.8 Å². The van der Waals surface area contributed by atoms with E-state index in [1.54, 1.807) is 0 Å². The minimum absolute atomic E-state index is 0.274. The maximum Gasteiger partial charge on any atom is 0.309 e. The Morgan fingerprint density at radius 2 is 2.29 bits per heavy atom. The molecule has 1 heterocycles. The zero-order valence-electron chi connectivity index (χ0n) is 7.79. The number of carbonyl (C=O) groups is 1. The fraction of sp³-hybridized carbons (Fsp3) is 0.500. The third kappa shape index (κ3) is 1.89. The van der Waals surface area contributed by atoms with Crippen LogP contribution in [0.3, 0.4) is 0 Å². The molecule has 0 amide bonds. The van der Waals surface area contributed by atoms with Crippen LogP contribution in [0.5, 0.6) is 0 Å². The van der Waals surface area contributed by atoms with E-state index in [1.165, 1.54) is 18.7 Å². The van der Waals surface area contributed by atoms with Crippen molar-refractivity contribution in [3.8, 4) is 0 Å². The van der Waals surface area contributed by atoms with Crippen molar-refractivity contribution in [2.75, 3.05) is 0 Å². The van der Waals surface area contributed by atoms with Gasteiger partial charge in [-0.05, 0) is 6.92 Å². The van der Waals surface area contributed by atoms with Gasteiger partial charge in [-0.25, -0.2) is 8.78 Å². The highest BCUT2D eigenvalue weighted by Gasteiger charge is 2.37. The second-order valence-electron chi connectivity index (χ2n) is 3.04. The maximum atomic E-state index is 13.2. The topological polar surface area (TPSA) is 55.1 Å². The number of hydrogen-bond acceptors (Lipinski definition) is 2. The first-order valence-electron chi connectivity index (χ1n) is 3.93. The molecule has 14 heavy (non-hydrogen) atoms. The third-order valence-electron chi connectivity index (χ3n) is 2.00. The van der Waals surface area contributed by atoms with Crippen molar-refractivity contribution in [2.45, 2.75) is 19.3 Å². The van der Waals surface area contributed by atoms with Gasteiger partial charge in [0.15, 0.2) is 0 Å². The quantitative estimate of drug-likeness (QED) is 0.807.